The highest BCUT2D eigenvalue weighted by atomic mass is 32.2. The molecule has 2 aromatic carbocycles. The molecular weight excluding hydrogens is 322 g/mol. The summed E-state index contributed by atoms with van der Waals surface area (Å²) in [6.45, 7) is 6.82. The molecule has 1 N–H and O–H groups in total. The Hall–Kier alpha value is -1.85. The highest BCUT2D eigenvalue weighted by molar-refractivity contribution is 7.89. The van der Waals surface area contributed by atoms with Crippen molar-refractivity contribution in [2.45, 2.75) is 43.5 Å². The van der Waals surface area contributed by atoms with Crippen LogP contribution in [0.4, 0.5) is 0 Å². The van der Waals surface area contributed by atoms with Crippen LogP contribution in [0.15, 0.2) is 53.4 Å². The van der Waals surface area contributed by atoms with Crippen LogP contribution < -0.4 is 9.46 Å². The third-order valence-corrected chi connectivity index (χ3v) is 5.77. The van der Waals surface area contributed by atoms with Crippen LogP contribution in [0.5, 0.6) is 5.75 Å². The Bertz CT molecular complexity index is 820. The summed E-state index contributed by atoms with van der Waals surface area (Å²) in [5, 5.41) is 0. The highest BCUT2D eigenvalue weighted by Crippen LogP contribution is 2.32. The van der Waals surface area contributed by atoms with Gasteiger partial charge in [0, 0.05) is 12.0 Å². The molecule has 1 atom stereocenters. The SMILES string of the molecule is CC(C)(C)c1ccc(S(=O)(=O)NC2CCOc3ccccc32)cc1. The summed E-state index contributed by atoms with van der Waals surface area (Å²) >= 11 is 0. The van der Waals surface area contributed by atoms with E-state index in [-0.39, 0.29) is 11.5 Å². The normalized spacial score (nSPS) is 17.9. The molecule has 3 rings (SSSR count). The van der Waals surface area contributed by atoms with Crippen LogP contribution in [0.1, 0.15) is 44.4 Å². The summed E-state index contributed by atoms with van der Waals surface area (Å²) in [6.07, 6.45) is 0.621. The summed E-state index contributed by atoms with van der Waals surface area (Å²) in [4.78, 5) is 0.291. The van der Waals surface area contributed by atoms with Gasteiger partial charge in [-0.1, -0.05) is 51.1 Å². The summed E-state index contributed by atoms with van der Waals surface area (Å²) in [6, 6.07) is 14.4. The van der Waals surface area contributed by atoms with Crippen molar-refractivity contribution in [1.29, 1.82) is 0 Å². The van der Waals surface area contributed by atoms with Gasteiger partial charge >= 0.3 is 0 Å². The average molecular weight is 345 g/mol. The zero-order valence-corrected chi connectivity index (χ0v) is 15.1. The van der Waals surface area contributed by atoms with E-state index in [4.69, 9.17) is 4.74 Å². The van der Waals surface area contributed by atoms with E-state index < -0.39 is 10.0 Å². The van der Waals surface area contributed by atoms with Crippen molar-refractivity contribution < 1.29 is 13.2 Å². The number of para-hydroxylation sites is 1. The topological polar surface area (TPSA) is 55.4 Å². The number of fused-ring (bicyclic) bond motifs is 1. The molecule has 0 saturated heterocycles. The maximum Gasteiger partial charge on any atom is 0.241 e. The summed E-state index contributed by atoms with van der Waals surface area (Å²) < 4.78 is 33.8. The van der Waals surface area contributed by atoms with Crippen LogP contribution >= 0.6 is 0 Å². The molecule has 0 amide bonds. The second-order valence-electron chi connectivity index (χ2n) is 7.12. The monoisotopic (exact) mass is 345 g/mol. The van der Waals surface area contributed by atoms with E-state index in [2.05, 4.69) is 25.5 Å². The van der Waals surface area contributed by atoms with Crippen molar-refractivity contribution in [3.8, 4) is 5.75 Å². The van der Waals surface area contributed by atoms with Gasteiger partial charge < -0.3 is 4.74 Å². The minimum Gasteiger partial charge on any atom is -0.493 e. The van der Waals surface area contributed by atoms with Crippen molar-refractivity contribution >= 4 is 10.0 Å². The third kappa shape index (κ3) is 3.47. The number of hydrogen-bond acceptors (Lipinski definition) is 3. The van der Waals surface area contributed by atoms with E-state index >= 15 is 0 Å². The molecule has 1 unspecified atom stereocenters. The van der Waals surface area contributed by atoms with Gasteiger partial charge in [-0.3, -0.25) is 0 Å². The molecule has 0 aromatic heterocycles. The van der Waals surface area contributed by atoms with Crippen molar-refractivity contribution in [1.82, 2.24) is 4.72 Å². The van der Waals surface area contributed by atoms with Gasteiger partial charge in [0.25, 0.3) is 0 Å². The van der Waals surface area contributed by atoms with Gasteiger partial charge in [-0.2, -0.15) is 0 Å². The molecule has 0 aliphatic carbocycles. The van der Waals surface area contributed by atoms with Crippen LogP contribution in [-0.2, 0) is 15.4 Å². The van der Waals surface area contributed by atoms with Crippen LogP contribution in [0.2, 0.25) is 0 Å². The largest absolute Gasteiger partial charge is 0.493 e. The van der Waals surface area contributed by atoms with Gasteiger partial charge in [0.2, 0.25) is 10.0 Å². The molecule has 4 nitrogen and oxygen atoms in total. The van der Waals surface area contributed by atoms with Gasteiger partial charge in [0.1, 0.15) is 5.75 Å². The maximum atomic E-state index is 12.7. The summed E-state index contributed by atoms with van der Waals surface area (Å²) in [5.74, 6) is 0.750. The number of ether oxygens (including phenoxy) is 1. The number of nitrogens with one attached hydrogen (secondary N) is 1. The fraction of sp³-hybridized carbons (Fsp3) is 0.368. The number of sulfonamides is 1. The van der Waals surface area contributed by atoms with E-state index in [1.165, 1.54) is 0 Å². The van der Waals surface area contributed by atoms with Gasteiger partial charge in [0.05, 0.1) is 17.5 Å². The second kappa shape index (κ2) is 6.22. The lowest BCUT2D eigenvalue weighted by atomic mass is 9.87. The van der Waals surface area contributed by atoms with Crippen molar-refractivity contribution in [3.63, 3.8) is 0 Å². The zero-order chi connectivity index (χ0) is 17.4. The van der Waals surface area contributed by atoms with Crippen LogP contribution in [0.3, 0.4) is 0 Å². The van der Waals surface area contributed by atoms with Gasteiger partial charge in [-0.25, -0.2) is 13.1 Å². The third-order valence-electron chi connectivity index (χ3n) is 4.29. The predicted molar refractivity (Wildman–Crippen MR) is 94.8 cm³/mol. The number of rotatable bonds is 3. The Kier molecular flexibility index (Phi) is 4.40. The standard InChI is InChI=1S/C19H23NO3S/c1-19(2,3)14-8-10-15(11-9-14)24(21,22)20-17-12-13-23-18-7-5-4-6-16(17)18/h4-11,17,20H,12-13H2,1-3H3. The molecule has 1 heterocycles. The van der Waals surface area contributed by atoms with Crippen LogP contribution in [0, 0.1) is 0 Å². The fourth-order valence-corrected chi connectivity index (χ4v) is 4.10. The lowest BCUT2D eigenvalue weighted by molar-refractivity contribution is 0.263. The zero-order valence-electron chi connectivity index (χ0n) is 14.2. The van der Waals surface area contributed by atoms with Crippen LogP contribution in [0.25, 0.3) is 0 Å². The quantitative estimate of drug-likeness (QED) is 0.921. The summed E-state index contributed by atoms with van der Waals surface area (Å²) in [7, 11) is -3.57. The molecular formula is C19H23NO3S. The average Bonchev–Trinajstić information content (AvgIpc) is 2.54. The molecule has 2 aromatic rings. The lowest BCUT2D eigenvalue weighted by Crippen LogP contribution is -2.32. The molecule has 0 saturated carbocycles. The Labute approximate surface area is 143 Å². The molecule has 0 bridgehead atoms. The van der Waals surface area contributed by atoms with E-state index in [1.54, 1.807) is 12.1 Å². The number of hydrogen-bond donors (Lipinski definition) is 1. The minimum atomic E-state index is -3.57. The highest BCUT2D eigenvalue weighted by Gasteiger charge is 2.26. The van der Waals surface area contributed by atoms with Crippen molar-refractivity contribution in [2.24, 2.45) is 0 Å². The van der Waals surface area contributed by atoms with E-state index in [0.717, 1.165) is 16.9 Å². The Morgan fingerprint density at radius 3 is 2.38 bits per heavy atom. The first-order valence-electron chi connectivity index (χ1n) is 8.12. The van der Waals surface area contributed by atoms with Crippen molar-refractivity contribution in [2.75, 3.05) is 6.61 Å². The molecule has 24 heavy (non-hydrogen) atoms. The first-order chi connectivity index (χ1) is 11.3. The number of benzene rings is 2. The molecule has 0 fully saturated rings. The first-order valence-corrected chi connectivity index (χ1v) is 9.60. The Balaban J connectivity index is 1.85. The van der Waals surface area contributed by atoms with E-state index in [9.17, 15) is 8.42 Å². The van der Waals surface area contributed by atoms with E-state index in [1.807, 2.05) is 36.4 Å². The first kappa shape index (κ1) is 17.0. The van der Waals surface area contributed by atoms with E-state index in [0.29, 0.717) is 17.9 Å². The van der Waals surface area contributed by atoms with Gasteiger partial charge in [-0.05, 0) is 29.2 Å². The summed E-state index contributed by atoms with van der Waals surface area (Å²) in [5.41, 5.74) is 1.99. The van der Waals surface area contributed by atoms with Gasteiger partial charge in [-0.15, -0.1) is 0 Å². The minimum absolute atomic E-state index is 0.00459. The Morgan fingerprint density at radius 2 is 1.71 bits per heavy atom. The Morgan fingerprint density at radius 1 is 1.04 bits per heavy atom. The molecule has 5 heteroatoms. The second-order valence-corrected chi connectivity index (χ2v) is 8.84. The predicted octanol–water partition coefficient (Wildman–Crippen LogP) is 3.79. The molecule has 1 aliphatic heterocycles. The van der Waals surface area contributed by atoms with Crippen molar-refractivity contribution in [3.05, 3.63) is 59.7 Å². The maximum absolute atomic E-state index is 12.7. The molecule has 1 aliphatic rings. The fourth-order valence-electron chi connectivity index (χ4n) is 2.85. The smallest absolute Gasteiger partial charge is 0.241 e. The lowest BCUT2D eigenvalue weighted by Gasteiger charge is -2.26. The molecule has 0 spiro atoms. The van der Waals surface area contributed by atoms with Crippen LogP contribution in [-0.4, -0.2) is 15.0 Å². The molecule has 0 radical (unpaired) electrons. The molecule has 128 valence electrons. The van der Waals surface area contributed by atoms with Gasteiger partial charge in [0.15, 0.2) is 0 Å².